The molecule has 5 nitrogen and oxygen atoms in total. The third kappa shape index (κ3) is 4.54. The number of benzene rings is 2. The average Bonchev–Trinajstić information content (AvgIpc) is 2.75. The molecule has 1 amide bonds. The van der Waals surface area contributed by atoms with E-state index in [2.05, 4.69) is 17.4 Å². The highest BCUT2D eigenvalue weighted by Crippen LogP contribution is 2.29. The lowest BCUT2D eigenvalue weighted by Gasteiger charge is -2.26. The molecule has 1 fully saturated rings. The number of nitrogens with one attached hydrogen (secondary N) is 1. The zero-order valence-corrected chi connectivity index (χ0v) is 17.5. The summed E-state index contributed by atoms with van der Waals surface area (Å²) in [6, 6.07) is 15.1. The zero-order valence-electron chi connectivity index (χ0n) is 16.6. The summed E-state index contributed by atoms with van der Waals surface area (Å²) in [5, 5.41) is 3.15. The summed E-state index contributed by atoms with van der Waals surface area (Å²) in [5.74, 6) is -0.0293. The minimum absolute atomic E-state index is 0.0293. The number of aryl methyl sites for hydroxylation is 1. The maximum Gasteiger partial charge on any atom is 0.243 e. The van der Waals surface area contributed by atoms with Crippen molar-refractivity contribution >= 4 is 15.9 Å². The number of piperidine rings is 1. The lowest BCUT2D eigenvalue weighted by atomic mass is 9.87. The highest BCUT2D eigenvalue weighted by Gasteiger charge is 2.26. The Hall–Kier alpha value is -2.18. The number of nitrogens with zero attached hydrogens (tertiary/aromatic N) is 1. The maximum atomic E-state index is 12.7. The summed E-state index contributed by atoms with van der Waals surface area (Å²) in [6.45, 7) is 1.19. The number of rotatable bonds is 5. The van der Waals surface area contributed by atoms with Crippen LogP contribution in [0, 0.1) is 0 Å². The Bertz CT molecular complexity index is 964. The van der Waals surface area contributed by atoms with E-state index in [-0.39, 0.29) is 18.4 Å². The van der Waals surface area contributed by atoms with E-state index < -0.39 is 10.0 Å². The summed E-state index contributed by atoms with van der Waals surface area (Å²) < 4.78 is 27.1. The first-order chi connectivity index (χ1) is 14.0. The molecule has 0 radical (unpaired) electrons. The van der Waals surface area contributed by atoms with Crippen LogP contribution < -0.4 is 5.32 Å². The molecule has 0 spiro atoms. The normalized spacial score (nSPS) is 20.1. The van der Waals surface area contributed by atoms with E-state index in [1.165, 1.54) is 11.1 Å². The van der Waals surface area contributed by atoms with Gasteiger partial charge < -0.3 is 5.32 Å². The molecule has 1 aliphatic heterocycles. The minimum Gasteiger partial charge on any atom is -0.349 e. The Kier molecular flexibility index (Phi) is 6.01. The van der Waals surface area contributed by atoms with Crippen molar-refractivity contribution < 1.29 is 13.2 Å². The van der Waals surface area contributed by atoms with Gasteiger partial charge in [0.05, 0.1) is 17.4 Å². The molecule has 1 atom stereocenters. The number of carbonyl (C=O) groups excluding carboxylic acids is 1. The van der Waals surface area contributed by atoms with Crippen molar-refractivity contribution in [2.24, 2.45) is 0 Å². The number of sulfonamides is 1. The van der Waals surface area contributed by atoms with Crippen molar-refractivity contribution in [1.29, 1.82) is 0 Å². The summed E-state index contributed by atoms with van der Waals surface area (Å²) >= 11 is 0. The number of fused-ring (bicyclic) bond motifs is 1. The molecule has 1 heterocycles. The molecule has 4 rings (SSSR count). The van der Waals surface area contributed by atoms with Crippen molar-refractivity contribution in [3.05, 3.63) is 65.2 Å². The van der Waals surface area contributed by atoms with E-state index in [1.54, 1.807) is 28.6 Å². The first-order valence-corrected chi connectivity index (χ1v) is 11.9. The second-order valence-corrected chi connectivity index (χ2v) is 9.93. The molecule has 2 aliphatic rings. The fourth-order valence-electron chi connectivity index (χ4n) is 4.37. The first kappa shape index (κ1) is 20.1. The van der Waals surface area contributed by atoms with Crippen LogP contribution in [0.5, 0.6) is 0 Å². The van der Waals surface area contributed by atoms with Gasteiger partial charge in [0.1, 0.15) is 0 Å². The lowest BCUT2D eigenvalue weighted by molar-refractivity contribution is -0.121. The van der Waals surface area contributed by atoms with Gasteiger partial charge in [-0.15, -0.1) is 0 Å². The summed E-state index contributed by atoms with van der Waals surface area (Å²) in [7, 11) is -3.43. The maximum absolute atomic E-state index is 12.7. The van der Waals surface area contributed by atoms with Gasteiger partial charge in [0.15, 0.2) is 0 Å². The standard InChI is InChI=1S/C23H28N2O3S/c26-23(24-22-10-6-8-19-7-2-3-9-21(19)22)17-18-11-13-20(14-12-18)29(27,28)25-15-4-1-5-16-25/h2-3,7,9,11-14,22H,1,4-6,8,10,15-17H2,(H,24,26)/t22-/m0/s1. The van der Waals surface area contributed by atoms with Gasteiger partial charge in [-0.05, 0) is 60.9 Å². The van der Waals surface area contributed by atoms with Crippen LogP contribution >= 0.6 is 0 Å². The van der Waals surface area contributed by atoms with E-state index in [0.29, 0.717) is 18.0 Å². The highest BCUT2D eigenvalue weighted by atomic mass is 32.2. The van der Waals surface area contributed by atoms with Crippen molar-refractivity contribution in [3.63, 3.8) is 0 Å². The van der Waals surface area contributed by atoms with E-state index in [4.69, 9.17) is 0 Å². The Balaban J connectivity index is 1.40. The van der Waals surface area contributed by atoms with Crippen LogP contribution in [0.4, 0.5) is 0 Å². The largest absolute Gasteiger partial charge is 0.349 e. The second kappa shape index (κ2) is 8.67. The van der Waals surface area contributed by atoms with Gasteiger partial charge in [-0.1, -0.05) is 42.8 Å². The Morgan fingerprint density at radius 1 is 0.966 bits per heavy atom. The molecule has 0 bridgehead atoms. The molecule has 154 valence electrons. The van der Waals surface area contributed by atoms with Gasteiger partial charge in [-0.2, -0.15) is 4.31 Å². The monoisotopic (exact) mass is 412 g/mol. The predicted molar refractivity (Wildman–Crippen MR) is 113 cm³/mol. The molecule has 0 saturated carbocycles. The number of hydrogen-bond donors (Lipinski definition) is 1. The van der Waals surface area contributed by atoms with E-state index in [0.717, 1.165) is 44.1 Å². The third-order valence-electron chi connectivity index (χ3n) is 5.95. The van der Waals surface area contributed by atoms with Crippen LogP contribution in [-0.4, -0.2) is 31.7 Å². The van der Waals surface area contributed by atoms with Crippen LogP contribution in [0.15, 0.2) is 53.4 Å². The lowest BCUT2D eigenvalue weighted by Crippen LogP contribution is -2.35. The van der Waals surface area contributed by atoms with Gasteiger partial charge >= 0.3 is 0 Å². The number of carbonyl (C=O) groups is 1. The number of amides is 1. The fourth-order valence-corrected chi connectivity index (χ4v) is 5.89. The van der Waals surface area contributed by atoms with Crippen LogP contribution in [0.25, 0.3) is 0 Å². The van der Waals surface area contributed by atoms with Crippen molar-refractivity contribution in [2.45, 2.75) is 55.9 Å². The minimum atomic E-state index is -3.43. The summed E-state index contributed by atoms with van der Waals surface area (Å²) in [6.07, 6.45) is 6.27. The van der Waals surface area contributed by atoms with Gasteiger partial charge in [0.25, 0.3) is 0 Å². The average molecular weight is 413 g/mol. The molecular weight excluding hydrogens is 384 g/mol. The Morgan fingerprint density at radius 3 is 2.45 bits per heavy atom. The molecule has 0 aromatic heterocycles. The van der Waals surface area contributed by atoms with Gasteiger partial charge in [-0.3, -0.25) is 4.79 Å². The summed E-state index contributed by atoms with van der Waals surface area (Å²) in [5.41, 5.74) is 3.36. The van der Waals surface area contributed by atoms with Crippen LogP contribution in [0.1, 0.15) is 54.8 Å². The fraction of sp³-hybridized carbons (Fsp3) is 0.435. The van der Waals surface area contributed by atoms with Gasteiger partial charge in [0.2, 0.25) is 15.9 Å². The molecular formula is C23H28N2O3S. The zero-order chi connectivity index (χ0) is 20.3. The van der Waals surface area contributed by atoms with Crippen molar-refractivity contribution in [1.82, 2.24) is 9.62 Å². The highest BCUT2D eigenvalue weighted by molar-refractivity contribution is 7.89. The topological polar surface area (TPSA) is 66.5 Å². The van der Waals surface area contributed by atoms with Crippen molar-refractivity contribution in [3.8, 4) is 0 Å². The molecule has 2 aromatic rings. The van der Waals surface area contributed by atoms with Gasteiger partial charge in [-0.25, -0.2) is 8.42 Å². The summed E-state index contributed by atoms with van der Waals surface area (Å²) in [4.78, 5) is 12.9. The molecule has 1 N–H and O–H groups in total. The van der Waals surface area contributed by atoms with Gasteiger partial charge in [0, 0.05) is 13.1 Å². The predicted octanol–water partition coefficient (Wildman–Crippen LogP) is 3.60. The van der Waals surface area contributed by atoms with Crippen LogP contribution in [-0.2, 0) is 27.7 Å². The van der Waals surface area contributed by atoms with Crippen LogP contribution in [0.2, 0.25) is 0 Å². The molecule has 2 aromatic carbocycles. The third-order valence-corrected chi connectivity index (χ3v) is 7.86. The van der Waals surface area contributed by atoms with Crippen LogP contribution in [0.3, 0.4) is 0 Å². The second-order valence-electron chi connectivity index (χ2n) is 8.00. The SMILES string of the molecule is O=C(Cc1ccc(S(=O)(=O)N2CCCCC2)cc1)N[C@H]1CCCc2ccccc21. The molecule has 6 heteroatoms. The number of hydrogen-bond acceptors (Lipinski definition) is 3. The van der Waals surface area contributed by atoms with E-state index >= 15 is 0 Å². The smallest absolute Gasteiger partial charge is 0.243 e. The first-order valence-electron chi connectivity index (χ1n) is 10.5. The van der Waals surface area contributed by atoms with E-state index in [1.807, 2.05) is 12.1 Å². The molecule has 1 saturated heterocycles. The molecule has 29 heavy (non-hydrogen) atoms. The Labute approximate surface area is 173 Å². The molecule has 0 unspecified atom stereocenters. The molecule has 1 aliphatic carbocycles. The Morgan fingerprint density at radius 2 is 1.69 bits per heavy atom. The van der Waals surface area contributed by atoms with Crippen molar-refractivity contribution in [2.75, 3.05) is 13.1 Å². The van der Waals surface area contributed by atoms with E-state index in [9.17, 15) is 13.2 Å². The quantitative estimate of drug-likeness (QED) is 0.816.